The Balaban J connectivity index is 1.86. The molecule has 0 aliphatic carbocycles. The molecule has 18 heavy (non-hydrogen) atoms. The largest absolute Gasteiger partial charge is 0.497 e. The molecule has 0 aromatic heterocycles. The van der Waals surface area contributed by atoms with Crippen LogP contribution >= 0.6 is 0 Å². The highest BCUT2D eigenvalue weighted by Crippen LogP contribution is 2.19. The Labute approximate surface area is 108 Å². The van der Waals surface area contributed by atoms with Crippen LogP contribution < -0.4 is 4.74 Å². The highest BCUT2D eigenvalue weighted by Gasteiger charge is 2.16. The van der Waals surface area contributed by atoms with Gasteiger partial charge >= 0.3 is 0 Å². The van der Waals surface area contributed by atoms with E-state index in [4.69, 9.17) is 9.47 Å². The number of hydrogen-bond acceptors (Lipinski definition) is 3. The lowest BCUT2D eigenvalue weighted by Crippen LogP contribution is -2.20. The zero-order chi connectivity index (χ0) is 12.8. The molecule has 0 radical (unpaired) electrons. The van der Waals surface area contributed by atoms with Crippen LogP contribution in [0.4, 0.5) is 0 Å². The van der Waals surface area contributed by atoms with E-state index in [1.54, 1.807) is 13.2 Å². The molecule has 1 aromatic carbocycles. The van der Waals surface area contributed by atoms with Crippen molar-refractivity contribution in [3.05, 3.63) is 29.8 Å². The Morgan fingerprint density at radius 3 is 3.06 bits per heavy atom. The predicted molar refractivity (Wildman–Crippen MR) is 70.1 cm³/mol. The molecule has 0 amide bonds. The van der Waals surface area contributed by atoms with Gasteiger partial charge in [-0.25, -0.2) is 0 Å². The van der Waals surface area contributed by atoms with Gasteiger partial charge in [-0.05, 0) is 37.8 Å². The third-order valence-electron chi connectivity index (χ3n) is 3.36. The summed E-state index contributed by atoms with van der Waals surface area (Å²) >= 11 is 0. The molecule has 0 N–H and O–H groups in total. The van der Waals surface area contributed by atoms with Crippen LogP contribution in [-0.4, -0.2) is 25.6 Å². The number of benzene rings is 1. The van der Waals surface area contributed by atoms with Gasteiger partial charge in [0, 0.05) is 18.6 Å². The van der Waals surface area contributed by atoms with Gasteiger partial charge in [0.15, 0.2) is 5.78 Å². The van der Waals surface area contributed by atoms with Gasteiger partial charge in [0.1, 0.15) is 5.75 Å². The zero-order valence-corrected chi connectivity index (χ0v) is 10.9. The molecule has 1 saturated heterocycles. The number of ether oxygens (including phenoxy) is 2. The first-order valence-corrected chi connectivity index (χ1v) is 6.58. The average molecular weight is 248 g/mol. The van der Waals surface area contributed by atoms with E-state index in [9.17, 15) is 4.79 Å². The van der Waals surface area contributed by atoms with E-state index in [0.29, 0.717) is 6.42 Å². The van der Waals surface area contributed by atoms with Crippen molar-refractivity contribution in [1.29, 1.82) is 0 Å². The third kappa shape index (κ3) is 3.57. The molecule has 1 aliphatic rings. The molecule has 1 aromatic rings. The molecule has 98 valence electrons. The number of carbonyl (C=O) groups excluding carboxylic acids is 1. The lowest BCUT2D eigenvalue weighted by Gasteiger charge is -2.22. The van der Waals surface area contributed by atoms with Crippen LogP contribution in [-0.2, 0) is 4.74 Å². The van der Waals surface area contributed by atoms with E-state index in [1.807, 2.05) is 18.2 Å². The Hall–Kier alpha value is -1.35. The molecule has 3 heteroatoms. The minimum atomic E-state index is 0.170. The molecule has 0 saturated carbocycles. The summed E-state index contributed by atoms with van der Waals surface area (Å²) in [6.07, 6.45) is 5.12. The Bertz CT molecular complexity index is 394. The predicted octanol–water partition coefficient (Wildman–Crippen LogP) is 3.23. The normalized spacial score (nSPS) is 19.5. The van der Waals surface area contributed by atoms with E-state index in [0.717, 1.165) is 37.2 Å². The maximum Gasteiger partial charge on any atom is 0.163 e. The van der Waals surface area contributed by atoms with Crippen LogP contribution in [0.15, 0.2) is 24.3 Å². The van der Waals surface area contributed by atoms with E-state index >= 15 is 0 Å². The van der Waals surface area contributed by atoms with Crippen molar-refractivity contribution in [2.24, 2.45) is 0 Å². The molecular formula is C15H20O3. The first kappa shape index (κ1) is 13.1. The van der Waals surface area contributed by atoms with Crippen LogP contribution in [0, 0.1) is 0 Å². The first-order chi connectivity index (χ1) is 8.79. The molecule has 1 fully saturated rings. The van der Waals surface area contributed by atoms with Gasteiger partial charge in [0.05, 0.1) is 13.2 Å². The summed E-state index contributed by atoms with van der Waals surface area (Å²) < 4.78 is 10.8. The Morgan fingerprint density at radius 2 is 2.33 bits per heavy atom. The summed E-state index contributed by atoms with van der Waals surface area (Å²) in [4.78, 5) is 12.0. The highest BCUT2D eigenvalue weighted by atomic mass is 16.5. The van der Waals surface area contributed by atoms with E-state index in [1.165, 1.54) is 6.42 Å². The number of carbonyl (C=O) groups is 1. The molecule has 0 spiro atoms. The smallest absolute Gasteiger partial charge is 0.163 e. The fraction of sp³-hybridized carbons (Fsp3) is 0.533. The molecule has 1 unspecified atom stereocenters. The SMILES string of the molecule is COc1cccc(C(=O)CCC2CCCCO2)c1. The lowest BCUT2D eigenvalue weighted by molar-refractivity contribution is 0.0104. The van der Waals surface area contributed by atoms with Crippen LogP contribution in [0.1, 0.15) is 42.5 Å². The van der Waals surface area contributed by atoms with Crippen LogP contribution in [0.3, 0.4) is 0 Å². The molecule has 1 aliphatic heterocycles. The van der Waals surface area contributed by atoms with Crippen molar-refractivity contribution in [2.75, 3.05) is 13.7 Å². The van der Waals surface area contributed by atoms with Gasteiger partial charge < -0.3 is 9.47 Å². The quantitative estimate of drug-likeness (QED) is 0.750. The molecule has 0 bridgehead atoms. The minimum Gasteiger partial charge on any atom is -0.497 e. The second-order valence-electron chi connectivity index (χ2n) is 4.68. The van der Waals surface area contributed by atoms with Gasteiger partial charge in [-0.3, -0.25) is 4.79 Å². The van der Waals surface area contributed by atoms with Crippen molar-refractivity contribution in [2.45, 2.75) is 38.2 Å². The zero-order valence-electron chi connectivity index (χ0n) is 10.9. The topological polar surface area (TPSA) is 35.5 Å². The molecule has 3 nitrogen and oxygen atoms in total. The maximum atomic E-state index is 12.0. The summed E-state index contributed by atoms with van der Waals surface area (Å²) in [6.45, 7) is 0.845. The monoisotopic (exact) mass is 248 g/mol. The van der Waals surface area contributed by atoms with Crippen LogP contribution in [0.2, 0.25) is 0 Å². The fourth-order valence-corrected chi connectivity index (χ4v) is 2.27. The Morgan fingerprint density at radius 1 is 1.44 bits per heavy atom. The number of rotatable bonds is 5. The molecular weight excluding hydrogens is 228 g/mol. The number of hydrogen-bond donors (Lipinski definition) is 0. The second-order valence-corrected chi connectivity index (χ2v) is 4.68. The minimum absolute atomic E-state index is 0.170. The average Bonchev–Trinajstić information content (AvgIpc) is 2.46. The van der Waals surface area contributed by atoms with Crippen molar-refractivity contribution in [1.82, 2.24) is 0 Å². The van der Waals surface area contributed by atoms with E-state index in [-0.39, 0.29) is 11.9 Å². The van der Waals surface area contributed by atoms with Gasteiger partial charge in [-0.1, -0.05) is 12.1 Å². The van der Waals surface area contributed by atoms with Crippen molar-refractivity contribution in [3.63, 3.8) is 0 Å². The van der Waals surface area contributed by atoms with Crippen LogP contribution in [0.5, 0.6) is 5.75 Å². The first-order valence-electron chi connectivity index (χ1n) is 6.58. The summed E-state index contributed by atoms with van der Waals surface area (Å²) in [6, 6.07) is 7.33. The van der Waals surface area contributed by atoms with Gasteiger partial charge in [0.2, 0.25) is 0 Å². The number of Topliss-reactive ketones (excluding diaryl/α,β-unsaturated/α-hetero) is 1. The van der Waals surface area contributed by atoms with Crippen molar-refractivity contribution in [3.8, 4) is 5.75 Å². The maximum absolute atomic E-state index is 12.0. The molecule has 2 rings (SSSR count). The highest BCUT2D eigenvalue weighted by molar-refractivity contribution is 5.96. The molecule has 1 heterocycles. The van der Waals surface area contributed by atoms with Gasteiger partial charge in [-0.2, -0.15) is 0 Å². The number of ketones is 1. The summed E-state index contributed by atoms with van der Waals surface area (Å²) in [5, 5.41) is 0. The van der Waals surface area contributed by atoms with Crippen LogP contribution in [0.25, 0.3) is 0 Å². The molecule has 1 atom stereocenters. The van der Waals surface area contributed by atoms with Crippen molar-refractivity contribution < 1.29 is 14.3 Å². The van der Waals surface area contributed by atoms with E-state index < -0.39 is 0 Å². The van der Waals surface area contributed by atoms with E-state index in [2.05, 4.69) is 0 Å². The summed E-state index contributed by atoms with van der Waals surface area (Å²) in [7, 11) is 1.61. The third-order valence-corrected chi connectivity index (χ3v) is 3.36. The lowest BCUT2D eigenvalue weighted by atomic mass is 10.0. The standard InChI is InChI=1S/C15H20O3/c1-17-14-7-4-5-12(11-14)15(16)9-8-13-6-2-3-10-18-13/h4-5,7,11,13H,2-3,6,8-10H2,1H3. The Kier molecular flexibility index (Phi) is 4.76. The summed E-state index contributed by atoms with van der Waals surface area (Å²) in [5.41, 5.74) is 0.727. The van der Waals surface area contributed by atoms with Crippen molar-refractivity contribution >= 4 is 5.78 Å². The van der Waals surface area contributed by atoms with Gasteiger partial charge in [-0.15, -0.1) is 0 Å². The van der Waals surface area contributed by atoms with Gasteiger partial charge in [0.25, 0.3) is 0 Å². The number of methoxy groups -OCH3 is 1. The second kappa shape index (κ2) is 6.55. The fourth-order valence-electron chi connectivity index (χ4n) is 2.27. The summed E-state index contributed by atoms with van der Waals surface area (Å²) in [5.74, 6) is 0.901.